The predicted molar refractivity (Wildman–Crippen MR) is 137 cm³/mol. The molecule has 1 atom stereocenters. The molecule has 1 aliphatic rings. The summed E-state index contributed by atoms with van der Waals surface area (Å²) < 4.78 is 44.8. The Morgan fingerprint density at radius 2 is 1.81 bits per heavy atom. The van der Waals surface area contributed by atoms with E-state index < -0.39 is 34.3 Å². The van der Waals surface area contributed by atoms with Gasteiger partial charge in [-0.3, -0.25) is 13.9 Å². The molecule has 8 nitrogen and oxygen atoms in total. The zero-order chi connectivity index (χ0) is 26.5. The molecule has 1 aliphatic carbocycles. The van der Waals surface area contributed by atoms with Crippen molar-refractivity contribution in [2.75, 3.05) is 24.2 Å². The van der Waals surface area contributed by atoms with Crippen LogP contribution in [0.15, 0.2) is 42.5 Å². The molecule has 2 aromatic carbocycles. The molecule has 1 unspecified atom stereocenters. The molecule has 2 amide bonds. The van der Waals surface area contributed by atoms with Gasteiger partial charge in [0.1, 0.15) is 24.2 Å². The van der Waals surface area contributed by atoms with Crippen LogP contribution in [0, 0.1) is 5.82 Å². The number of benzene rings is 2. The van der Waals surface area contributed by atoms with Crippen LogP contribution >= 0.6 is 11.6 Å². The van der Waals surface area contributed by atoms with Gasteiger partial charge >= 0.3 is 0 Å². The average molecular weight is 540 g/mol. The van der Waals surface area contributed by atoms with E-state index in [1.807, 2.05) is 0 Å². The maximum atomic E-state index is 13.5. The fourth-order valence-corrected chi connectivity index (χ4v) is 5.28. The van der Waals surface area contributed by atoms with Crippen molar-refractivity contribution >= 4 is 39.1 Å². The minimum atomic E-state index is -3.89. The van der Waals surface area contributed by atoms with Gasteiger partial charge in [0.15, 0.2) is 0 Å². The zero-order valence-electron chi connectivity index (χ0n) is 20.5. The van der Waals surface area contributed by atoms with E-state index in [0.29, 0.717) is 11.3 Å². The van der Waals surface area contributed by atoms with E-state index >= 15 is 0 Å². The number of carbonyl (C=O) groups is 2. The number of anilines is 1. The van der Waals surface area contributed by atoms with Crippen molar-refractivity contribution in [3.05, 3.63) is 58.9 Å². The van der Waals surface area contributed by atoms with E-state index in [1.165, 1.54) is 54.5 Å². The summed E-state index contributed by atoms with van der Waals surface area (Å²) in [5.41, 5.74) is 0.783. The quantitative estimate of drug-likeness (QED) is 0.496. The number of nitrogens with zero attached hydrogens (tertiary/aromatic N) is 2. The van der Waals surface area contributed by atoms with Crippen LogP contribution in [0.3, 0.4) is 0 Å². The molecule has 0 radical (unpaired) electrons. The van der Waals surface area contributed by atoms with Crippen LogP contribution in [0.1, 0.15) is 38.2 Å². The normalized spacial score (nSPS) is 14.8. The molecule has 0 spiro atoms. The molecular weight excluding hydrogens is 509 g/mol. The lowest BCUT2D eigenvalue weighted by Gasteiger charge is -2.32. The lowest BCUT2D eigenvalue weighted by molar-refractivity contribution is -0.139. The summed E-state index contributed by atoms with van der Waals surface area (Å²) in [4.78, 5) is 27.9. The Morgan fingerprint density at radius 1 is 1.17 bits per heavy atom. The molecule has 196 valence electrons. The highest BCUT2D eigenvalue weighted by molar-refractivity contribution is 7.92. The molecule has 1 fully saturated rings. The van der Waals surface area contributed by atoms with Gasteiger partial charge in [-0.1, -0.05) is 36.6 Å². The van der Waals surface area contributed by atoms with Crippen LogP contribution in [-0.2, 0) is 26.2 Å². The Hall–Kier alpha value is -2.85. The smallest absolute Gasteiger partial charge is 0.244 e. The van der Waals surface area contributed by atoms with E-state index in [4.69, 9.17) is 16.3 Å². The van der Waals surface area contributed by atoms with Crippen molar-refractivity contribution in [1.29, 1.82) is 0 Å². The topological polar surface area (TPSA) is 96.0 Å². The summed E-state index contributed by atoms with van der Waals surface area (Å²) in [6.07, 6.45) is 4.81. The molecule has 11 heteroatoms. The first-order chi connectivity index (χ1) is 17.0. The van der Waals surface area contributed by atoms with E-state index in [1.54, 1.807) is 6.92 Å². The molecule has 1 N–H and O–H groups in total. The lowest BCUT2D eigenvalue weighted by atomic mass is 10.1. The fourth-order valence-electron chi connectivity index (χ4n) is 4.19. The zero-order valence-corrected chi connectivity index (χ0v) is 22.1. The van der Waals surface area contributed by atoms with Crippen molar-refractivity contribution in [3.63, 3.8) is 0 Å². The Balaban J connectivity index is 1.89. The van der Waals surface area contributed by atoms with Crippen LogP contribution in [0.4, 0.5) is 10.1 Å². The first-order valence-electron chi connectivity index (χ1n) is 11.6. The summed E-state index contributed by atoms with van der Waals surface area (Å²) in [7, 11) is -2.46. The monoisotopic (exact) mass is 539 g/mol. The summed E-state index contributed by atoms with van der Waals surface area (Å²) in [6, 6.07) is 9.14. The number of ether oxygens (including phenoxy) is 1. The Labute approximate surface area is 216 Å². The summed E-state index contributed by atoms with van der Waals surface area (Å²) in [6.45, 7) is 1.05. The third kappa shape index (κ3) is 7.10. The molecule has 2 aromatic rings. The second-order valence-electron chi connectivity index (χ2n) is 8.90. The van der Waals surface area contributed by atoms with Gasteiger partial charge in [0.05, 0.1) is 24.1 Å². The number of nitrogens with one attached hydrogen (secondary N) is 1. The van der Waals surface area contributed by atoms with Crippen LogP contribution in [0.5, 0.6) is 5.75 Å². The van der Waals surface area contributed by atoms with Gasteiger partial charge in [-0.2, -0.15) is 0 Å². The van der Waals surface area contributed by atoms with Crippen molar-refractivity contribution in [1.82, 2.24) is 10.2 Å². The van der Waals surface area contributed by atoms with Crippen LogP contribution in [-0.4, -0.2) is 57.1 Å². The van der Waals surface area contributed by atoms with Gasteiger partial charge in [-0.15, -0.1) is 0 Å². The second kappa shape index (κ2) is 11.9. The Kier molecular flexibility index (Phi) is 9.19. The van der Waals surface area contributed by atoms with Gasteiger partial charge in [0.2, 0.25) is 21.8 Å². The highest BCUT2D eigenvalue weighted by Crippen LogP contribution is 2.30. The number of carbonyl (C=O) groups excluding carboxylic acids is 2. The Morgan fingerprint density at radius 3 is 2.36 bits per heavy atom. The van der Waals surface area contributed by atoms with Gasteiger partial charge in [0.25, 0.3) is 0 Å². The van der Waals surface area contributed by atoms with Gasteiger partial charge < -0.3 is 15.0 Å². The van der Waals surface area contributed by atoms with E-state index in [9.17, 15) is 22.4 Å². The highest BCUT2D eigenvalue weighted by atomic mass is 35.5. The SMILES string of the molecule is COc1ccc(N(CC(=O)N(Cc2ccc(F)cc2)C(C)C(=O)NC2CCCC2)S(C)(=O)=O)cc1Cl. The predicted octanol–water partition coefficient (Wildman–Crippen LogP) is 3.73. The van der Waals surface area contributed by atoms with E-state index in [-0.39, 0.29) is 29.2 Å². The standard InChI is InChI=1S/C25H31ClFN3O5S/c1-17(25(32)28-20-6-4-5-7-20)29(15-18-8-10-19(27)11-9-18)24(31)16-30(36(3,33)34)21-12-13-23(35-2)22(26)14-21/h8-14,17,20H,4-7,15-16H2,1-3H3,(H,28,32). The van der Waals surface area contributed by atoms with Crippen LogP contribution in [0.2, 0.25) is 5.02 Å². The van der Waals surface area contributed by atoms with Crippen molar-refractivity contribution in [3.8, 4) is 5.75 Å². The Bertz CT molecular complexity index is 1190. The molecule has 0 aliphatic heterocycles. The summed E-state index contributed by atoms with van der Waals surface area (Å²) in [5.74, 6) is -0.986. The highest BCUT2D eigenvalue weighted by Gasteiger charge is 2.31. The first kappa shape index (κ1) is 27.7. The van der Waals surface area contributed by atoms with E-state index in [0.717, 1.165) is 36.2 Å². The summed E-state index contributed by atoms with van der Waals surface area (Å²) >= 11 is 6.19. The molecule has 0 aromatic heterocycles. The molecular formula is C25H31ClFN3O5S. The van der Waals surface area contributed by atoms with Crippen molar-refractivity contribution in [2.24, 2.45) is 0 Å². The maximum absolute atomic E-state index is 13.5. The second-order valence-corrected chi connectivity index (χ2v) is 11.2. The number of amides is 2. The van der Waals surface area contributed by atoms with Crippen molar-refractivity contribution in [2.45, 2.75) is 51.2 Å². The first-order valence-corrected chi connectivity index (χ1v) is 13.9. The molecule has 0 bridgehead atoms. The maximum Gasteiger partial charge on any atom is 0.244 e. The number of methoxy groups -OCH3 is 1. The lowest BCUT2D eigenvalue weighted by Crippen LogP contribution is -2.52. The van der Waals surface area contributed by atoms with Gasteiger partial charge in [-0.05, 0) is 55.7 Å². The molecule has 0 heterocycles. The van der Waals surface area contributed by atoms with E-state index in [2.05, 4.69) is 5.32 Å². The molecule has 3 rings (SSSR count). The van der Waals surface area contributed by atoms with Crippen LogP contribution < -0.4 is 14.4 Å². The largest absolute Gasteiger partial charge is 0.495 e. The third-order valence-electron chi connectivity index (χ3n) is 6.24. The minimum Gasteiger partial charge on any atom is -0.495 e. The minimum absolute atomic E-state index is 0.000657. The number of sulfonamides is 1. The fraction of sp³-hybridized carbons (Fsp3) is 0.440. The number of rotatable bonds is 10. The number of hydrogen-bond acceptors (Lipinski definition) is 5. The number of hydrogen-bond donors (Lipinski definition) is 1. The molecule has 1 saturated carbocycles. The van der Waals surface area contributed by atoms with Gasteiger partial charge in [-0.25, -0.2) is 12.8 Å². The van der Waals surface area contributed by atoms with Crippen molar-refractivity contribution < 1.29 is 27.1 Å². The molecule has 36 heavy (non-hydrogen) atoms. The summed E-state index contributed by atoms with van der Waals surface area (Å²) in [5, 5.41) is 3.17. The number of halogens is 2. The average Bonchev–Trinajstić information content (AvgIpc) is 3.33. The van der Waals surface area contributed by atoms with Crippen LogP contribution in [0.25, 0.3) is 0 Å². The molecule has 0 saturated heterocycles. The third-order valence-corrected chi connectivity index (χ3v) is 7.67. The van der Waals surface area contributed by atoms with Gasteiger partial charge in [0, 0.05) is 12.6 Å².